The second kappa shape index (κ2) is 4.43. The van der Waals surface area contributed by atoms with Crippen LogP contribution in [0.2, 0.25) is 0 Å². The third-order valence-electron chi connectivity index (χ3n) is 1.75. The van der Waals surface area contributed by atoms with Crippen LogP contribution in [0.5, 0.6) is 5.75 Å². The van der Waals surface area contributed by atoms with Crippen molar-refractivity contribution in [2.45, 2.75) is 19.2 Å². The molecule has 1 nitrogen and oxygen atoms in total. The summed E-state index contributed by atoms with van der Waals surface area (Å²) in [4.78, 5) is 0. The number of rotatable bonds is 2. The molecule has 0 N–H and O–H groups in total. The van der Waals surface area contributed by atoms with Crippen LogP contribution < -0.4 is 4.74 Å². The smallest absolute Gasteiger partial charge is 0.405 e. The highest BCUT2D eigenvalue weighted by molar-refractivity contribution is 9.10. The highest BCUT2D eigenvalue weighted by Gasteiger charge is 2.32. The molecule has 1 rings (SSSR count). The summed E-state index contributed by atoms with van der Waals surface area (Å²) in [7, 11) is 0. The third-order valence-corrected chi connectivity index (χ3v) is 2.41. The number of alkyl halides is 3. The Balaban J connectivity index is 3.01. The van der Waals surface area contributed by atoms with Crippen LogP contribution in [0.25, 0.3) is 0 Å². The van der Waals surface area contributed by atoms with Gasteiger partial charge in [-0.2, -0.15) is 0 Å². The first-order valence-electron chi connectivity index (χ1n) is 4.18. The van der Waals surface area contributed by atoms with Crippen molar-refractivity contribution in [3.8, 4) is 5.75 Å². The molecule has 0 aromatic heterocycles. The molecule has 0 aliphatic carbocycles. The molecule has 0 bridgehead atoms. The van der Waals surface area contributed by atoms with Crippen molar-refractivity contribution < 1.29 is 17.9 Å². The SMILES string of the molecule is [CH2]C(C)c1ccc(Br)c(OC(F)(F)F)c1. The Hall–Kier alpha value is -0.710. The molecule has 1 unspecified atom stereocenters. The molecule has 0 saturated carbocycles. The summed E-state index contributed by atoms with van der Waals surface area (Å²) in [5.74, 6) is -0.329. The normalized spacial score (nSPS) is 11.9. The van der Waals surface area contributed by atoms with Crippen molar-refractivity contribution >= 4 is 15.9 Å². The van der Waals surface area contributed by atoms with Crippen molar-refractivity contribution in [1.29, 1.82) is 0 Å². The number of halogens is 4. The Bertz CT molecular complexity index is 347. The predicted molar refractivity (Wildman–Crippen MR) is 54.6 cm³/mol. The second-order valence-electron chi connectivity index (χ2n) is 3.14. The van der Waals surface area contributed by atoms with E-state index in [1.807, 2.05) is 0 Å². The lowest BCUT2D eigenvalue weighted by Gasteiger charge is -2.13. The molecule has 0 fully saturated rings. The maximum atomic E-state index is 12.0. The van der Waals surface area contributed by atoms with Crippen LogP contribution in [0.15, 0.2) is 22.7 Å². The maximum absolute atomic E-state index is 12.0. The van der Waals surface area contributed by atoms with E-state index in [1.165, 1.54) is 12.1 Å². The first-order valence-corrected chi connectivity index (χ1v) is 4.97. The minimum Gasteiger partial charge on any atom is -0.405 e. The topological polar surface area (TPSA) is 9.23 Å². The minimum atomic E-state index is -4.68. The Kier molecular flexibility index (Phi) is 3.65. The second-order valence-corrected chi connectivity index (χ2v) is 3.99. The lowest BCUT2D eigenvalue weighted by atomic mass is 10.0. The molecular formula is C10H9BrF3O. The molecule has 1 aromatic rings. The highest BCUT2D eigenvalue weighted by Crippen LogP contribution is 2.32. The molecule has 0 heterocycles. The van der Waals surface area contributed by atoms with Crippen LogP contribution in [0, 0.1) is 6.92 Å². The van der Waals surface area contributed by atoms with Crippen molar-refractivity contribution in [3.63, 3.8) is 0 Å². The summed E-state index contributed by atoms with van der Waals surface area (Å²) in [6.07, 6.45) is -4.68. The van der Waals surface area contributed by atoms with Crippen molar-refractivity contribution in [2.24, 2.45) is 0 Å². The Morgan fingerprint density at radius 2 is 2.00 bits per heavy atom. The van der Waals surface area contributed by atoms with E-state index in [9.17, 15) is 13.2 Å². The molecule has 0 spiro atoms. The number of hydrogen-bond acceptors (Lipinski definition) is 1. The van der Waals surface area contributed by atoms with E-state index in [2.05, 4.69) is 27.6 Å². The molecule has 5 heteroatoms. The van der Waals surface area contributed by atoms with E-state index in [4.69, 9.17) is 0 Å². The zero-order chi connectivity index (χ0) is 11.6. The first kappa shape index (κ1) is 12.4. The van der Waals surface area contributed by atoms with E-state index in [-0.39, 0.29) is 16.1 Å². The molecule has 1 atom stereocenters. The zero-order valence-corrected chi connectivity index (χ0v) is 9.52. The molecule has 1 aromatic carbocycles. The van der Waals surface area contributed by atoms with Crippen LogP contribution >= 0.6 is 15.9 Å². The minimum absolute atomic E-state index is 0.0892. The zero-order valence-electron chi connectivity index (χ0n) is 7.94. The fraction of sp³-hybridized carbons (Fsp3) is 0.300. The van der Waals surface area contributed by atoms with Crippen molar-refractivity contribution in [2.75, 3.05) is 0 Å². The van der Waals surface area contributed by atoms with E-state index < -0.39 is 6.36 Å². The van der Waals surface area contributed by atoms with E-state index in [1.54, 1.807) is 13.0 Å². The number of benzene rings is 1. The third kappa shape index (κ3) is 3.74. The fourth-order valence-corrected chi connectivity index (χ4v) is 1.36. The molecule has 15 heavy (non-hydrogen) atoms. The quantitative estimate of drug-likeness (QED) is 0.786. The average molecular weight is 282 g/mol. The van der Waals surface area contributed by atoms with Gasteiger partial charge in [0.15, 0.2) is 0 Å². The number of hydrogen-bond donors (Lipinski definition) is 0. The molecular weight excluding hydrogens is 273 g/mol. The van der Waals surface area contributed by atoms with Gasteiger partial charge in [0.2, 0.25) is 0 Å². The van der Waals surface area contributed by atoms with Crippen LogP contribution in [-0.4, -0.2) is 6.36 Å². The first-order chi connectivity index (χ1) is 6.79. The molecule has 83 valence electrons. The van der Waals surface area contributed by atoms with Crippen LogP contribution in [-0.2, 0) is 0 Å². The summed E-state index contributed by atoms with van der Waals surface area (Å²) in [6.45, 7) is 5.52. The molecule has 0 saturated heterocycles. The number of ether oxygens (including phenoxy) is 1. The van der Waals surface area contributed by atoms with Crippen LogP contribution in [0.3, 0.4) is 0 Å². The van der Waals surface area contributed by atoms with Gasteiger partial charge in [-0.25, -0.2) is 0 Å². The largest absolute Gasteiger partial charge is 0.573 e. The average Bonchev–Trinajstić information content (AvgIpc) is 2.06. The van der Waals surface area contributed by atoms with Gasteiger partial charge in [-0.15, -0.1) is 13.2 Å². The van der Waals surface area contributed by atoms with Crippen LogP contribution in [0.1, 0.15) is 18.4 Å². The molecule has 0 aliphatic heterocycles. The van der Waals surface area contributed by atoms with Crippen molar-refractivity contribution in [3.05, 3.63) is 35.2 Å². The summed E-state index contributed by atoms with van der Waals surface area (Å²) >= 11 is 2.99. The van der Waals surface area contributed by atoms with Gasteiger partial charge in [-0.1, -0.05) is 13.0 Å². The van der Waals surface area contributed by atoms with E-state index in [0.29, 0.717) is 5.56 Å². The van der Waals surface area contributed by atoms with Gasteiger partial charge in [-0.3, -0.25) is 0 Å². The Morgan fingerprint density at radius 3 is 2.47 bits per heavy atom. The standard InChI is InChI=1S/C10H9BrF3O/c1-6(2)7-3-4-8(11)9(5-7)15-10(12,13)14/h3-6H,1H2,2H3. The van der Waals surface area contributed by atoms with Gasteiger partial charge in [0.25, 0.3) is 0 Å². The molecule has 1 radical (unpaired) electrons. The van der Waals surface area contributed by atoms with Gasteiger partial charge in [0.05, 0.1) is 4.47 Å². The maximum Gasteiger partial charge on any atom is 0.573 e. The molecule has 0 amide bonds. The summed E-state index contributed by atoms with van der Waals surface area (Å²) in [5.41, 5.74) is 0.692. The van der Waals surface area contributed by atoms with Crippen LogP contribution in [0.4, 0.5) is 13.2 Å². The Morgan fingerprint density at radius 1 is 1.40 bits per heavy atom. The molecule has 0 aliphatic rings. The van der Waals surface area contributed by atoms with Gasteiger partial charge in [0, 0.05) is 0 Å². The fourth-order valence-electron chi connectivity index (χ4n) is 1.03. The van der Waals surface area contributed by atoms with Gasteiger partial charge in [-0.05, 0) is 46.5 Å². The van der Waals surface area contributed by atoms with Gasteiger partial charge in [0.1, 0.15) is 5.75 Å². The lowest BCUT2D eigenvalue weighted by Crippen LogP contribution is -2.17. The van der Waals surface area contributed by atoms with Gasteiger partial charge < -0.3 is 4.74 Å². The predicted octanol–water partition coefficient (Wildman–Crippen LogP) is 4.29. The summed E-state index contributed by atoms with van der Waals surface area (Å²) in [6, 6.07) is 4.54. The lowest BCUT2D eigenvalue weighted by molar-refractivity contribution is -0.274. The van der Waals surface area contributed by atoms with Gasteiger partial charge >= 0.3 is 6.36 Å². The van der Waals surface area contributed by atoms with E-state index >= 15 is 0 Å². The van der Waals surface area contributed by atoms with E-state index in [0.717, 1.165) is 0 Å². The highest BCUT2D eigenvalue weighted by atomic mass is 79.9. The van der Waals surface area contributed by atoms with Crippen molar-refractivity contribution in [1.82, 2.24) is 0 Å². The Labute approximate surface area is 94.4 Å². The monoisotopic (exact) mass is 281 g/mol. The summed E-state index contributed by atoms with van der Waals surface area (Å²) < 4.78 is 40.1. The summed E-state index contributed by atoms with van der Waals surface area (Å²) in [5, 5.41) is 0.